The smallest absolute Gasteiger partial charge is 0.310 e. The van der Waals surface area contributed by atoms with Crippen LogP contribution in [-0.4, -0.2) is 55.9 Å². The highest BCUT2D eigenvalue weighted by molar-refractivity contribution is 7.89. The average molecular weight is 516 g/mol. The third kappa shape index (κ3) is 7.63. The zero-order valence-corrected chi connectivity index (χ0v) is 21.8. The molecule has 36 heavy (non-hydrogen) atoms. The summed E-state index contributed by atoms with van der Waals surface area (Å²) in [5.41, 5.74) is 1.20. The number of carbonyl (C=O) groups excluding carboxylic acids is 2. The lowest BCUT2D eigenvalue weighted by molar-refractivity contribution is -0.146. The number of furan rings is 1. The first-order chi connectivity index (χ1) is 17.0. The summed E-state index contributed by atoms with van der Waals surface area (Å²) in [5.74, 6) is -0.693. The Hall–Kier alpha value is -3.24. The molecule has 0 aliphatic carbocycles. The molecule has 9 nitrogen and oxygen atoms in total. The van der Waals surface area contributed by atoms with Crippen molar-refractivity contribution in [1.82, 2.24) is 14.6 Å². The van der Waals surface area contributed by atoms with Crippen LogP contribution in [0.1, 0.15) is 33.3 Å². The van der Waals surface area contributed by atoms with Crippen molar-refractivity contribution in [3.05, 3.63) is 60.6 Å². The molecule has 1 N–H and O–H groups in total. The fourth-order valence-corrected chi connectivity index (χ4v) is 4.98. The number of hydrogen-bond donors (Lipinski definition) is 1. The largest absolute Gasteiger partial charge is 0.464 e. The molecule has 3 rings (SSSR count). The third-order valence-corrected chi connectivity index (χ3v) is 6.76. The molecule has 0 saturated heterocycles. The Labute approximate surface area is 211 Å². The predicted molar refractivity (Wildman–Crippen MR) is 135 cm³/mol. The van der Waals surface area contributed by atoms with Gasteiger partial charge in [-0.05, 0) is 47.7 Å². The number of amides is 1. The van der Waals surface area contributed by atoms with E-state index in [2.05, 4.69) is 9.71 Å². The highest BCUT2D eigenvalue weighted by atomic mass is 32.2. The Morgan fingerprint density at radius 3 is 2.44 bits per heavy atom. The fourth-order valence-electron chi connectivity index (χ4n) is 3.78. The van der Waals surface area contributed by atoms with E-state index >= 15 is 0 Å². The number of esters is 1. The molecule has 0 aliphatic heterocycles. The van der Waals surface area contributed by atoms with Gasteiger partial charge in [-0.3, -0.25) is 14.6 Å². The van der Waals surface area contributed by atoms with E-state index in [-0.39, 0.29) is 23.2 Å². The van der Waals surface area contributed by atoms with Crippen molar-refractivity contribution in [2.45, 2.75) is 45.1 Å². The lowest BCUT2D eigenvalue weighted by Crippen LogP contribution is -2.52. The minimum atomic E-state index is -4.11. The number of fused-ring (bicyclic) bond motifs is 1. The molecule has 0 saturated carbocycles. The molecule has 1 amide bonds. The number of rotatable bonds is 12. The van der Waals surface area contributed by atoms with E-state index < -0.39 is 34.5 Å². The summed E-state index contributed by atoms with van der Waals surface area (Å²) in [5, 5.41) is 0.616. The normalized spacial score (nSPS) is 12.7. The van der Waals surface area contributed by atoms with E-state index in [0.717, 1.165) is 0 Å². The number of nitrogens with one attached hydrogen (secondary N) is 1. The van der Waals surface area contributed by atoms with E-state index in [0.29, 0.717) is 29.6 Å². The van der Waals surface area contributed by atoms with Crippen molar-refractivity contribution in [2.24, 2.45) is 11.8 Å². The molecule has 0 fully saturated rings. The summed E-state index contributed by atoms with van der Waals surface area (Å²) in [7, 11) is -4.11. The Balaban J connectivity index is 1.83. The molecule has 3 aromatic rings. The predicted octanol–water partition coefficient (Wildman–Crippen LogP) is 3.40. The second-order valence-electron chi connectivity index (χ2n) is 9.55. The maximum absolute atomic E-state index is 13.5. The van der Waals surface area contributed by atoms with Gasteiger partial charge in [0.2, 0.25) is 15.9 Å². The molecule has 0 bridgehead atoms. The van der Waals surface area contributed by atoms with Gasteiger partial charge in [0, 0.05) is 30.9 Å². The SMILES string of the molecule is CC(C)CN(CC(C)C)C(=O)[C@H](COC(=O)Cc1cccnc1)NS(=O)(=O)c1ccc2occc2c1. The number of carbonyl (C=O) groups is 2. The first-order valence-corrected chi connectivity index (χ1v) is 13.4. The number of hydrogen-bond acceptors (Lipinski definition) is 7. The maximum atomic E-state index is 13.5. The zero-order chi connectivity index (χ0) is 26.3. The van der Waals surface area contributed by atoms with E-state index in [9.17, 15) is 18.0 Å². The second-order valence-corrected chi connectivity index (χ2v) is 11.3. The summed E-state index contributed by atoms with van der Waals surface area (Å²) < 4.78 is 39.6. The van der Waals surface area contributed by atoms with Crippen molar-refractivity contribution in [3.8, 4) is 0 Å². The first kappa shape index (κ1) is 27.3. The Bertz CT molecular complexity index is 1260. The Morgan fingerprint density at radius 1 is 1.08 bits per heavy atom. The lowest BCUT2D eigenvalue weighted by Gasteiger charge is -2.30. The standard InChI is InChI=1S/C26H33N3O6S/c1-18(2)15-29(16-19(3)4)26(31)23(17-35-25(30)12-20-6-5-10-27-14-20)28-36(32,33)22-7-8-24-21(13-22)9-11-34-24/h5-11,13-14,18-19,23,28H,12,15-17H2,1-4H3/t23-/m0/s1. The molecule has 0 aliphatic rings. The van der Waals surface area contributed by atoms with Crippen LogP contribution in [0.5, 0.6) is 0 Å². The highest BCUT2D eigenvalue weighted by Crippen LogP contribution is 2.20. The van der Waals surface area contributed by atoms with Crippen LogP contribution in [-0.2, 0) is 30.8 Å². The highest BCUT2D eigenvalue weighted by Gasteiger charge is 2.31. The van der Waals surface area contributed by atoms with Gasteiger partial charge in [-0.25, -0.2) is 8.42 Å². The molecule has 0 spiro atoms. The summed E-state index contributed by atoms with van der Waals surface area (Å²) in [6.45, 7) is 8.38. The number of aromatic nitrogens is 1. The summed E-state index contributed by atoms with van der Waals surface area (Å²) in [6, 6.07) is 8.24. The van der Waals surface area contributed by atoms with Gasteiger partial charge in [0.1, 0.15) is 18.2 Å². The van der Waals surface area contributed by atoms with Crippen molar-refractivity contribution in [3.63, 3.8) is 0 Å². The van der Waals surface area contributed by atoms with E-state index in [4.69, 9.17) is 9.15 Å². The van der Waals surface area contributed by atoms with Gasteiger partial charge in [-0.1, -0.05) is 33.8 Å². The number of benzene rings is 1. The molecular weight excluding hydrogens is 482 g/mol. The maximum Gasteiger partial charge on any atom is 0.310 e. The van der Waals surface area contributed by atoms with E-state index in [1.807, 2.05) is 27.7 Å². The van der Waals surface area contributed by atoms with Crippen LogP contribution in [0.15, 0.2) is 64.4 Å². The van der Waals surface area contributed by atoms with Gasteiger partial charge in [0.15, 0.2) is 0 Å². The van der Waals surface area contributed by atoms with Crippen LogP contribution in [0.25, 0.3) is 11.0 Å². The van der Waals surface area contributed by atoms with Crippen molar-refractivity contribution < 1.29 is 27.2 Å². The van der Waals surface area contributed by atoms with Gasteiger partial charge in [-0.2, -0.15) is 4.72 Å². The number of nitrogens with zero attached hydrogens (tertiary/aromatic N) is 2. The van der Waals surface area contributed by atoms with Crippen LogP contribution < -0.4 is 4.72 Å². The van der Waals surface area contributed by atoms with Crippen LogP contribution in [0.3, 0.4) is 0 Å². The molecule has 0 radical (unpaired) electrons. The Morgan fingerprint density at radius 2 is 1.81 bits per heavy atom. The fraction of sp³-hybridized carbons (Fsp3) is 0.423. The van der Waals surface area contributed by atoms with Gasteiger partial charge < -0.3 is 14.1 Å². The van der Waals surface area contributed by atoms with Crippen molar-refractivity contribution >= 4 is 32.9 Å². The van der Waals surface area contributed by atoms with Gasteiger partial charge >= 0.3 is 5.97 Å². The lowest BCUT2D eigenvalue weighted by atomic mass is 10.1. The van der Waals surface area contributed by atoms with Gasteiger partial charge in [0.25, 0.3) is 0 Å². The minimum absolute atomic E-state index is 0.0184. The molecule has 1 aromatic carbocycles. The number of ether oxygens (including phenoxy) is 1. The minimum Gasteiger partial charge on any atom is -0.464 e. The van der Waals surface area contributed by atoms with Crippen LogP contribution in [0, 0.1) is 11.8 Å². The molecule has 194 valence electrons. The summed E-state index contributed by atoms with van der Waals surface area (Å²) in [4.78, 5) is 31.6. The molecule has 2 heterocycles. The molecule has 0 unspecified atom stereocenters. The van der Waals surface area contributed by atoms with Crippen LogP contribution in [0.4, 0.5) is 0 Å². The topological polar surface area (TPSA) is 119 Å². The second kappa shape index (κ2) is 12.1. The van der Waals surface area contributed by atoms with Crippen molar-refractivity contribution in [2.75, 3.05) is 19.7 Å². The van der Waals surface area contributed by atoms with Crippen LogP contribution >= 0.6 is 0 Å². The van der Waals surface area contributed by atoms with Gasteiger partial charge in [-0.15, -0.1) is 0 Å². The summed E-state index contributed by atoms with van der Waals surface area (Å²) in [6.07, 6.45) is 4.57. The summed E-state index contributed by atoms with van der Waals surface area (Å²) >= 11 is 0. The molecule has 10 heteroatoms. The van der Waals surface area contributed by atoms with Crippen molar-refractivity contribution in [1.29, 1.82) is 0 Å². The third-order valence-electron chi connectivity index (χ3n) is 5.29. The number of sulfonamides is 1. The van der Waals surface area contributed by atoms with Crippen LogP contribution in [0.2, 0.25) is 0 Å². The monoisotopic (exact) mass is 515 g/mol. The van der Waals surface area contributed by atoms with E-state index in [1.165, 1.54) is 18.4 Å². The molecule has 1 atom stereocenters. The number of pyridine rings is 1. The first-order valence-electron chi connectivity index (χ1n) is 11.9. The molecular formula is C26H33N3O6S. The zero-order valence-electron chi connectivity index (χ0n) is 21.0. The average Bonchev–Trinajstić information content (AvgIpc) is 3.29. The molecule has 2 aromatic heterocycles. The Kier molecular flexibility index (Phi) is 9.22. The van der Waals surface area contributed by atoms with E-state index in [1.54, 1.807) is 41.6 Å². The van der Waals surface area contributed by atoms with Gasteiger partial charge in [0.05, 0.1) is 17.6 Å². The quantitative estimate of drug-likeness (QED) is 0.367.